The Kier molecular flexibility index (Phi) is 5.41. The Labute approximate surface area is 135 Å². The second-order valence-corrected chi connectivity index (χ2v) is 5.76. The fourth-order valence-corrected chi connectivity index (χ4v) is 2.51. The largest absolute Gasteiger partial charge is 0.465 e. The van der Waals surface area contributed by atoms with Crippen molar-refractivity contribution in [2.24, 2.45) is 4.99 Å². The molecule has 23 heavy (non-hydrogen) atoms. The van der Waals surface area contributed by atoms with E-state index in [0.717, 1.165) is 18.5 Å². The highest BCUT2D eigenvalue weighted by atomic mass is 16.4. The van der Waals surface area contributed by atoms with Crippen LogP contribution in [0.25, 0.3) is 0 Å². The van der Waals surface area contributed by atoms with Gasteiger partial charge in [0.1, 0.15) is 6.07 Å². The van der Waals surface area contributed by atoms with Gasteiger partial charge in [-0.2, -0.15) is 5.26 Å². The topological polar surface area (TPSA) is 92.0 Å². The summed E-state index contributed by atoms with van der Waals surface area (Å²) in [6.45, 7) is 1.03. The Balaban J connectivity index is 2.09. The minimum atomic E-state index is -0.886. The van der Waals surface area contributed by atoms with Crippen molar-refractivity contribution >= 4 is 23.8 Å². The number of nitrogens with zero attached hydrogens (tertiary/aromatic N) is 4. The SMILES string of the molecule is CN(C)/C=N/c1ccc(NC2CCCN(C(=O)O)C2)cc1C#N. The molecule has 1 aliphatic heterocycles. The monoisotopic (exact) mass is 315 g/mol. The zero-order valence-electron chi connectivity index (χ0n) is 13.4. The van der Waals surface area contributed by atoms with Crippen molar-refractivity contribution in [1.29, 1.82) is 5.26 Å². The van der Waals surface area contributed by atoms with E-state index in [-0.39, 0.29) is 6.04 Å². The summed E-state index contributed by atoms with van der Waals surface area (Å²) < 4.78 is 0. The first-order chi connectivity index (χ1) is 11.0. The van der Waals surface area contributed by atoms with Crippen LogP contribution in [-0.2, 0) is 0 Å². The first-order valence-corrected chi connectivity index (χ1v) is 7.49. The average molecular weight is 315 g/mol. The number of anilines is 1. The molecule has 7 nitrogen and oxygen atoms in total. The van der Waals surface area contributed by atoms with E-state index < -0.39 is 6.09 Å². The average Bonchev–Trinajstić information content (AvgIpc) is 2.53. The Morgan fingerprint density at radius 3 is 3.00 bits per heavy atom. The Bertz CT molecular complexity index is 636. The number of nitrogens with one attached hydrogen (secondary N) is 1. The maximum Gasteiger partial charge on any atom is 0.407 e. The van der Waals surface area contributed by atoms with Crippen LogP contribution in [0, 0.1) is 11.3 Å². The number of carbonyl (C=O) groups is 1. The van der Waals surface area contributed by atoms with E-state index in [1.807, 2.05) is 20.2 Å². The van der Waals surface area contributed by atoms with E-state index in [4.69, 9.17) is 5.11 Å². The normalized spacial score (nSPS) is 17.8. The first kappa shape index (κ1) is 16.6. The van der Waals surface area contributed by atoms with E-state index in [1.165, 1.54) is 4.90 Å². The van der Waals surface area contributed by atoms with Gasteiger partial charge < -0.3 is 20.2 Å². The highest BCUT2D eigenvalue weighted by Crippen LogP contribution is 2.24. The van der Waals surface area contributed by atoms with Gasteiger partial charge in [-0.05, 0) is 31.0 Å². The van der Waals surface area contributed by atoms with Crippen LogP contribution in [0.2, 0.25) is 0 Å². The van der Waals surface area contributed by atoms with Crippen LogP contribution in [-0.4, -0.2) is 60.6 Å². The quantitative estimate of drug-likeness (QED) is 0.657. The molecule has 0 radical (unpaired) electrons. The summed E-state index contributed by atoms with van der Waals surface area (Å²) in [5.74, 6) is 0. The van der Waals surface area contributed by atoms with E-state index >= 15 is 0 Å². The molecule has 1 unspecified atom stereocenters. The van der Waals surface area contributed by atoms with Gasteiger partial charge in [0.2, 0.25) is 0 Å². The lowest BCUT2D eigenvalue weighted by Crippen LogP contribution is -2.44. The number of piperidine rings is 1. The summed E-state index contributed by atoms with van der Waals surface area (Å²) in [6.07, 6.45) is 2.50. The highest BCUT2D eigenvalue weighted by Gasteiger charge is 2.23. The van der Waals surface area contributed by atoms with Gasteiger partial charge in [-0.1, -0.05) is 0 Å². The molecular weight excluding hydrogens is 294 g/mol. The Hall–Kier alpha value is -2.75. The third-order valence-electron chi connectivity index (χ3n) is 3.61. The Morgan fingerprint density at radius 1 is 1.57 bits per heavy atom. The summed E-state index contributed by atoms with van der Waals surface area (Å²) in [4.78, 5) is 18.5. The van der Waals surface area contributed by atoms with Crippen LogP contribution >= 0.6 is 0 Å². The van der Waals surface area contributed by atoms with E-state index in [9.17, 15) is 10.1 Å². The van der Waals surface area contributed by atoms with Crippen molar-refractivity contribution in [2.75, 3.05) is 32.5 Å². The summed E-state index contributed by atoms with van der Waals surface area (Å²) in [5, 5.41) is 21.7. The predicted molar refractivity (Wildman–Crippen MR) is 89.2 cm³/mol. The molecule has 1 aromatic carbocycles. The maximum absolute atomic E-state index is 11.1. The molecule has 1 aliphatic rings. The molecule has 1 saturated heterocycles. The molecule has 1 aromatic rings. The number of hydrogen-bond donors (Lipinski definition) is 2. The molecule has 1 atom stereocenters. The molecule has 122 valence electrons. The number of aliphatic imine (C=N–C) groups is 1. The minimum absolute atomic E-state index is 0.0579. The van der Waals surface area contributed by atoms with Gasteiger partial charge >= 0.3 is 6.09 Å². The molecule has 1 heterocycles. The lowest BCUT2D eigenvalue weighted by molar-refractivity contribution is 0.133. The molecule has 0 aromatic heterocycles. The number of rotatable bonds is 4. The summed E-state index contributed by atoms with van der Waals surface area (Å²) >= 11 is 0. The number of amides is 1. The maximum atomic E-state index is 11.1. The van der Waals surface area contributed by atoms with Crippen LogP contribution in [0.5, 0.6) is 0 Å². The van der Waals surface area contributed by atoms with Crippen LogP contribution in [0.15, 0.2) is 23.2 Å². The fraction of sp³-hybridized carbons (Fsp3) is 0.438. The number of carboxylic acid groups (broad SMARTS) is 1. The molecule has 0 spiro atoms. The minimum Gasteiger partial charge on any atom is -0.465 e. The fourth-order valence-electron chi connectivity index (χ4n) is 2.51. The van der Waals surface area contributed by atoms with Crippen LogP contribution in [0.1, 0.15) is 18.4 Å². The van der Waals surface area contributed by atoms with Gasteiger partial charge in [0.25, 0.3) is 0 Å². The van der Waals surface area contributed by atoms with Crippen molar-refractivity contribution in [3.05, 3.63) is 23.8 Å². The van der Waals surface area contributed by atoms with Crippen molar-refractivity contribution in [1.82, 2.24) is 9.80 Å². The van der Waals surface area contributed by atoms with Gasteiger partial charge in [-0.15, -0.1) is 0 Å². The molecule has 0 bridgehead atoms. The van der Waals surface area contributed by atoms with Crippen molar-refractivity contribution in [3.63, 3.8) is 0 Å². The van der Waals surface area contributed by atoms with E-state index in [0.29, 0.717) is 24.3 Å². The molecule has 1 amide bonds. The number of nitriles is 1. The number of hydrogen-bond acceptors (Lipinski definition) is 4. The van der Waals surface area contributed by atoms with Gasteiger partial charge in [-0.3, -0.25) is 0 Å². The first-order valence-electron chi connectivity index (χ1n) is 7.49. The summed E-state index contributed by atoms with van der Waals surface area (Å²) in [7, 11) is 3.73. The van der Waals surface area contributed by atoms with Gasteiger partial charge in [-0.25, -0.2) is 9.79 Å². The molecule has 0 aliphatic carbocycles. The zero-order valence-corrected chi connectivity index (χ0v) is 13.4. The predicted octanol–water partition coefficient (Wildman–Crippen LogP) is 2.33. The van der Waals surface area contributed by atoms with Crippen molar-refractivity contribution in [3.8, 4) is 6.07 Å². The van der Waals surface area contributed by atoms with Gasteiger partial charge in [0.05, 0.1) is 17.6 Å². The standard InChI is InChI=1S/C16H21N5O2/c1-20(2)11-18-15-6-5-13(8-12(15)9-17)19-14-4-3-7-21(10-14)16(22)23/h5-6,8,11,14,19H,3-4,7,10H2,1-2H3,(H,22,23)/b18-11+. The number of likely N-dealkylation sites (tertiary alicyclic amines) is 1. The smallest absolute Gasteiger partial charge is 0.407 e. The highest BCUT2D eigenvalue weighted by molar-refractivity contribution is 5.68. The Morgan fingerprint density at radius 2 is 2.35 bits per heavy atom. The molecule has 0 saturated carbocycles. The zero-order chi connectivity index (χ0) is 16.8. The molecule has 2 N–H and O–H groups in total. The van der Waals surface area contributed by atoms with Crippen molar-refractivity contribution in [2.45, 2.75) is 18.9 Å². The summed E-state index contributed by atoms with van der Waals surface area (Å²) in [5.41, 5.74) is 1.91. The third-order valence-corrected chi connectivity index (χ3v) is 3.61. The number of benzene rings is 1. The summed E-state index contributed by atoms with van der Waals surface area (Å²) in [6, 6.07) is 7.61. The van der Waals surface area contributed by atoms with Crippen LogP contribution < -0.4 is 5.32 Å². The van der Waals surface area contributed by atoms with Crippen LogP contribution in [0.3, 0.4) is 0 Å². The lowest BCUT2D eigenvalue weighted by Gasteiger charge is -2.31. The van der Waals surface area contributed by atoms with Gasteiger partial charge in [0, 0.05) is 38.9 Å². The molecule has 2 rings (SSSR count). The molecule has 7 heteroatoms. The molecule has 1 fully saturated rings. The lowest BCUT2D eigenvalue weighted by atomic mass is 10.1. The third kappa shape index (κ3) is 4.61. The van der Waals surface area contributed by atoms with E-state index in [2.05, 4.69) is 16.4 Å². The molecular formula is C16H21N5O2. The van der Waals surface area contributed by atoms with Gasteiger partial charge in [0.15, 0.2) is 0 Å². The second kappa shape index (κ2) is 7.49. The second-order valence-electron chi connectivity index (χ2n) is 5.76. The van der Waals surface area contributed by atoms with Crippen molar-refractivity contribution < 1.29 is 9.90 Å². The van der Waals surface area contributed by atoms with E-state index in [1.54, 1.807) is 23.4 Å². The van der Waals surface area contributed by atoms with Crippen LogP contribution in [0.4, 0.5) is 16.2 Å².